The number of hydrogen-bond acceptors (Lipinski definition) is 2. The van der Waals surface area contributed by atoms with Crippen molar-refractivity contribution >= 4 is 28.8 Å². The number of benzene rings is 2. The number of hydrogen-bond donors (Lipinski definition) is 2. The van der Waals surface area contributed by atoms with E-state index in [2.05, 4.69) is 5.32 Å². The first-order chi connectivity index (χ1) is 9.08. The largest absolute Gasteiger partial charge is 0.389 e. The first-order valence-electron chi connectivity index (χ1n) is 5.85. The molecule has 0 fully saturated rings. The van der Waals surface area contributed by atoms with Crippen LogP contribution in [0.5, 0.6) is 0 Å². The van der Waals surface area contributed by atoms with Crippen molar-refractivity contribution in [1.82, 2.24) is 0 Å². The number of carbonyl (C=O) groups is 1. The highest BCUT2D eigenvalue weighted by Gasteiger charge is 2.08. The summed E-state index contributed by atoms with van der Waals surface area (Å²) in [4.78, 5) is 12.5. The van der Waals surface area contributed by atoms with Crippen LogP contribution in [-0.4, -0.2) is 10.9 Å². The van der Waals surface area contributed by atoms with Crippen LogP contribution in [0.4, 0.5) is 5.69 Å². The summed E-state index contributed by atoms with van der Waals surface area (Å²) in [5.41, 5.74) is 8.57. The highest BCUT2D eigenvalue weighted by atomic mass is 32.1. The molecular formula is C15H14N2OS. The lowest BCUT2D eigenvalue weighted by atomic mass is 10.1. The van der Waals surface area contributed by atoms with E-state index in [0.29, 0.717) is 16.2 Å². The number of carbonyl (C=O) groups excluding carboxylic acids is 1. The molecule has 4 heteroatoms. The Morgan fingerprint density at radius 2 is 1.89 bits per heavy atom. The van der Waals surface area contributed by atoms with Gasteiger partial charge in [0.05, 0.1) is 0 Å². The van der Waals surface area contributed by atoms with Crippen molar-refractivity contribution in [3.8, 4) is 0 Å². The van der Waals surface area contributed by atoms with E-state index >= 15 is 0 Å². The quantitative estimate of drug-likeness (QED) is 0.843. The molecule has 96 valence electrons. The van der Waals surface area contributed by atoms with Gasteiger partial charge in [-0.3, -0.25) is 4.79 Å². The van der Waals surface area contributed by atoms with Crippen molar-refractivity contribution in [1.29, 1.82) is 0 Å². The minimum atomic E-state index is -0.141. The molecule has 2 aromatic carbocycles. The van der Waals surface area contributed by atoms with Crippen LogP contribution in [-0.2, 0) is 0 Å². The minimum Gasteiger partial charge on any atom is -0.389 e. The normalized spacial score (nSPS) is 9.95. The van der Waals surface area contributed by atoms with Gasteiger partial charge in [0.1, 0.15) is 4.99 Å². The summed E-state index contributed by atoms with van der Waals surface area (Å²) >= 11 is 4.91. The molecule has 0 aliphatic heterocycles. The number of aryl methyl sites for hydroxylation is 1. The van der Waals surface area contributed by atoms with E-state index in [0.717, 1.165) is 11.1 Å². The van der Waals surface area contributed by atoms with Gasteiger partial charge in [-0.1, -0.05) is 42.5 Å². The van der Waals surface area contributed by atoms with Crippen molar-refractivity contribution in [2.24, 2.45) is 5.73 Å². The van der Waals surface area contributed by atoms with Gasteiger partial charge in [-0.25, -0.2) is 0 Å². The van der Waals surface area contributed by atoms with E-state index in [9.17, 15) is 4.79 Å². The Morgan fingerprint density at radius 3 is 2.58 bits per heavy atom. The first-order valence-corrected chi connectivity index (χ1v) is 6.25. The predicted molar refractivity (Wildman–Crippen MR) is 81.5 cm³/mol. The Kier molecular flexibility index (Phi) is 3.92. The summed E-state index contributed by atoms with van der Waals surface area (Å²) in [5.74, 6) is -0.141. The average molecular weight is 270 g/mol. The monoisotopic (exact) mass is 270 g/mol. The Bertz CT molecular complexity index is 638. The molecule has 0 aliphatic rings. The topological polar surface area (TPSA) is 55.1 Å². The first kappa shape index (κ1) is 13.2. The number of amides is 1. The molecule has 0 saturated carbocycles. The molecule has 19 heavy (non-hydrogen) atoms. The van der Waals surface area contributed by atoms with Gasteiger partial charge in [0.2, 0.25) is 0 Å². The Balaban J connectivity index is 2.22. The molecule has 3 N–H and O–H groups in total. The van der Waals surface area contributed by atoms with E-state index in [1.165, 1.54) is 0 Å². The second kappa shape index (κ2) is 5.63. The summed E-state index contributed by atoms with van der Waals surface area (Å²) in [7, 11) is 0. The van der Waals surface area contributed by atoms with Crippen LogP contribution in [0.3, 0.4) is 0 Å². The van der Waals surface area contributed by atoms with Crippen LogP contribution in [0.25, 0.3) is 0 Å². The Labute approximate surface area is 117 Å². The average Bonchev–Trinajstić information content (AvgIpc) is 2.39. The third kappa shape index (κ3) is 3.17. The molecule has 0 bridgehead atoms. The van der Waals surface area contributed by atoms with Gasteiger partial charge in [-0.15, -0.1) is 0 Å². The van der Waals surface area contributed by atoms with Crippen LogP contribution in [0.1, 0.15) is 21.5 Å². The second-order valence-electron chi connectivity index (χ2n) is 4.21. The van der Waals surface area contributed by atoms with Gasteiger partial charge in [0, 0.05) is 16.8 Å². The van der Waals surface area contributed by atoms with Crippen molar-refractivity contribution in [3.05, 3.63) is 65.2 Å². The maximum absolute atomic E-state index is 12.1. The number of thiocarbonyl (C=S) groups is 1. The van der Waals surface area contributed by atoms with Gasteiger partial charge < -0.3 is 11.1 Å². The van der Waals surface area contributed by atoms with Crippen molar-refractivity contribution in [2.45, 2.75) is 6.92 Å². The zero-order valence-corrected chi connectivity index (χ0v) is 11.3. The molecule has 0 unspecified atom stereocenters. The molecule has 0 radical (unpaired) electrons. The highest BCUT2D eigenvalue weighted by molar-refractivity contribution is 7.80. The lowest BCUT2D eigenvalue weighted by molar-refractivity contribution is 0.102. The Hall–Kier alpha value is -2.20. The van der Waals surface area contributed by atoms with Gasteiger partial charge in [-0.05, 0) is 30.7 Å². The van der Waals surface area contributed by atoms with Gasteiger partial charge in [0.25, 0.3) is 5.91 Å². The van der Waals surface area contributed by atoms with E-state index in [4.69, 9.17) is 18.0 Å². The number of rotatable bonds is 3. The van der Waals surface area contributed by atoms with Crippen LogP contribution in [0.2, 0.25) is 0 Å². The fourth-order valence-electron chi connectivity index (χ4n) is 1.78. The summed E-state index contributed by atoms with van der Waals surface area (Å²) in [6.07, 6.45) is 0. The molecule has 0 aromatic heterocycles. The molecule has 3 nitrogen and oxygen atoms in total. The van der Waals surface area contributed by atoms with Crippen LogP contribution in [0, 0.1) is 6.92 Å². The third-order valence-corrected chi connectivity index (χ3v) is 3.03. The molecule has 0 spiro atoms. The molecule has 2 aromatic rings. The maximum Gasteiger partial charge on any atom is 0.255 e. The third-order valence-electron chi connectivity index (χ3n) is 2.79. The van der Waals surface area contributed by atoms with Crippen LogP contribution >= 0.6 is 12.2 Å². The molecule has 0 heterocycles. The zero-order valence-electron chi connectivity index (χ0n) is 10.5. The second-order valence-corrected chi connectivity index (χ2v) is 4.65. The van der Waals surface area contributed by atoms with Crippen molar-refractivity contribution in [2.75, 3.05) is 5.32 Å². The molecule has 0 aliphatic carbocycles. The molecule has 0 atom stereocenters. The summed E-state index contributed by atoms with van der Waals surface area (Å²) in [6.45, 7) is 1.90. The smallest absolute Gasteiger partial charge is 0.255 e. The predicted octanol–water partition coefficient (Wildman–Crippen LogP) is 2.88. The van der Waals surface area contributed by atoms with Crippen LogP contribution in [0.15, 0.2) is 48.5 Å². The number of nitrogens with one attached hydrogen (secondary N) is 1. The van der Waals surface area contributed by atoms with Gasteiger partial charge in [0.15, 0.2) is 0 Å². The minimum absolute atomic E-state index is 0.141. The van der Waals surface area contributed by atoms with Gasteiger partial charge in [-0.2, -0.15) is 0 Å². The SMILES string of the molecule is Cc1ccccc1C(=O)Nc1cccc(C(N)=S)c1. The number of anilines is 1. The lowest BCUT2D eigenvalue weighted by Gasteiger charge is -2.08. The molecular weight excluding hydrogens is 256 g/mol. The Morgan fingerprint density at radius 1 is 1.16 bits per heavy atom. The van der Waals surface area contributed by atoms with Crippen LogP contribution < -0.4 is 11.1 Å². The van der Waals surface area contributed by atoms with Gasteiger partial charge >= 0.3 is 0 Å². The van der Waals surface area contributed by atoms with E-state index in [1.807, 2.05) is 37.3 Å². The van der Waals surface area contributed by atoms with Crippen molar-refractivity contribution < 1.29 is 4.79 Å². The van der Waals surface area contributed by atoms with E-state index < -0.39 is 0 Å². The fraction of sp³-hybridized carbons (Fsp3) is 0.0667. The summed E-state index contributed by atoms with van der Waals surface area (Å²) in [6, 6.07) is 14.6. The lowest BCUT2D eigenvalue weighted by Crippen LogP contribution is -2.14. The van der Waals surface area contributed by atoms with Crippen molar-refractivity contribution in [3.63, 3.8) is 0 Å². The maximum atomic E-state index is 12.1. The zero-order chi connectivity index (χ0) is 13.8. The summed E-state index contributed by atoms with van der Waals surface area (Å²) < 4.78 is 0. The molecule has 2 rings (SSSR count). The number of nitrogens with two attached hydrogens (primary N) is 1. The highest BCUT2D eigenvalue weighted by Crippen LogP contribution is 2.14. The molecule has 1 amide bonds. The van der Waals surface area contributed by atoms with E-state index in [1.54, 1.807) is 18.2 Å². The summed E-state index contributed by atoms with van der Waals surface area (Å²) in [5, 5.41) is 2.84. The fourth-order valence-corrected chi connectivity index (χ4v) is 1.90. The standard InChI is InChI=1S/C15H14N2OS/c1-10-5-2-3-8-13(10)15(18)17-12-7-4-6-11(9-12)14(16)19/h2-9H,1H3,(H2,16,19)(H,17,18). The van der Waals surface area contributed by atoms with E-state index in [-0.39, 0.29) is 5.91 Å². The molecule has 0 saturated heterocycles.